The third-order valence-electron chi connectivity index (χ3n) is 2.26. The first kappa shape index (κ1) is 11.4. The molecule has 82 valence electrons. The molecule has 1 unspecified atom stereocenters. The minimum atomic E-state index is -0.885. The Morgan fingerprint density at radius 2 is 2.20 bits per heavy atom. The van der Waals surface area contributed by atoms with Crippen LogP contribution >= 0.6 is 0 Å². The van der Waals surface area contributed by atoms with Gasteiger partial charge in [-0.3, -0.25) is 4.79 Å². The van der Waals surface area contributed by atoms with Gasteiger partial charge in [0.2, 0.25) is 0 Å². The van der Waals surface area contributed by atoms with E-state index in [1.165, 1.54) is 7.11 Å². The van der Waals surface area contributed by atoms with Crippen molar-refractivity contribution in [1.82, 2.24) is 0 Å². The summed E-state index contributed by atoms with van der Waals surface area (Å²) in [7, 11) is 1.46. The maximum absolute atomic E-state index is 10.5. The molecule has 0 aromatic heterocycles. The summed E-state index contributed by atoms with van der Waals surface area (Å²) in [6.07, 6.45) is -0.0132. The minimum absolute atomic E-state index is 0.0132. The third kappa shape index (κ3) is 2.62. The number of methoxy groups -OCH3 is 1. The number of aliphatic carboxylic acids is 1. The van der Waals surface area contributed by atoms with Gasteiger partial charge in [-0.1, -0.05) is 19.1 Å². The molecule has 2 N–H and O–H groups in total. The quantitative estimate of drug-likeness (QED) is 0.797. The predicted molar refractivity (Wildman–Crippen MR) is 55.3 cm³/mol. The molecule has 1 aromatic carbocycles. The average molecular weight is 210 g/mol. The Hall–Kier alpha value is -1.71. The molecule has 15 heavy (non-hydrogen) atoms. The third-order valence-corrected chi connectivity index (χ3v) is 2.26. The summed E-state index contributed by atoms with van der Waals surface area (Å²) in [5.41, 5.74) is 0.594. The van der Waals surface area contributed by atoms with Crippen molar-refractivity contribution in [3.05, 3.63) is 23.8 Å². The maximum atomic E-state index is 10.5. The van der Waals surface area contributed by atoms with Crippen LogP contribution in [0.15, 0.2) is 18.2 Å². The molecule has 0 saturated carbocycles. The van der Waals surface area contributed by atoms with E-state index in [1.807, 2.05) is 0 Å². The zero-order valence-corrected chi connectivity index (χ0v) is 8.73. The van der Waals surface area contributed by atoms with Crippen LogP contribution in [-0.2, 0) is 4.79 Å². The highest BCUT2D eigenvalue weighted by molar-refractivity contribution is 5.68. The summed E-state index contributed by atoms with van der Waals surface area (Å²) in [5, 5.41) is 18.4. The van der Waals surface area contributed by atoms with Gasteiger partial charge < -0.3 is 14.9 Å². The summed E-state index contributed by atoms with van der Waals surface area (Å²) in [6, 6.07) is 5.06. The first-order valence-corrected chi connectivity index (χ1v) is 4.64. The first-order valence-electron chi connectivity index (χ1n) is 4.64. The van der Waals surface area contributed by atoms with Gasteiger partial charge in [0, 0.05) is 5.56 Å². The molecule has 1 aromatic rings. The van der Waals surface area contributed by atoms with E-state index in [-0.39, 0.29) is 18.1 Å². The van der Waals surface area contributed by atoms with E-state index in [2.05, 4.69) is 0 Å². The van der Waals surface area contributed by atoms with Crippen molar-refractivity contribution in [2.45, 2.75) is 19.3 Å². The Labute approximate surface area is 88.1 Å². The van der Waals surface area contributed by atoms with Crippen molar-refractivity contribution in [2.75, 3.05) is 7.11 Å². The van der Waals surface area contributed by atoms with Crippen LogP contribution in [0.5, 0.6) is 11.5 Å². The van der Waals surface area contributed by atoms with Gasteiger partial charge in [-0.2, -0.15) is 0 Å². The molecule has 4 heteroatoms. The Balaban J connectivity index is 2.98. The molecule has 1 rings (SSSR count). The first-order chi connectivity index (χ1) is 7.06. The normalized spacial score (nSPS) is 12.1. The Kier molecular flexibility index (Phi) is 3.55. The van der Waals surface area contributed by atoms with E-state index < -0.39 is 5.97 Å². The number of para-hydroxylation sites is 1. The number of aromatic hydroxyl groups is 1. The molecule has 0 bridgehead atoms. The summed E-state index contributed by atoms with van der Waals surface area (Å²) in [5.74, 6) is -0.735. The molecule has 0 aliphatic heterocycles. The smallest absolute Gasteiger partial charge is 0.303 e. The zero-order chi connectivity index (χ0) is 11.4. The molecule has 0 fully saturated rings. The predicted octanol–water partition coefficient (Wildman–Crippen LogP) is 1.98. The highest BCUT2D eigenvalue weighted by Crippen LogP contribution is 2.35. The Morgan fingerprint density at radius 1 is 1.53 bits per heavy atom. The lowest BCUT2D eigenvalue weighted by Gasteiger charge is -2.13. The molecule has 0 saturated heterocycles. The van der Waals surface area contributed by atoms with Crippen molar-refractivity contribution in [3.63, 3.8) is 0 Å². The summed E-state index contributed by atoms with van der Waals surface area (Å²) < 4.78 is 4.94. The molecular formula is C11H14O4. The Morgan fingerprint density at radius 3 is 2.73 bits per heavy atom. The fourth-order valence-corrected chi connectivity index (χ4v) is 1.47. The number of ether oxygens (including phenoxy) is 1. The van der Waals surface area contributed by atoms with Crippen LogP contribution in [0, 0.1) is 0 Å². The second-order valence-corrected chi connectivity index (χ2v) is 3.40. The molecular weight excluding hydrogens is 196 g/mol. The van der Waals surface area contributed by atoms with Gasteiger partial charge in [0.1, 0.15) is 0 Å². The highest BCUT2D eigenvalue weighted by atomic mass is 16.5. The van der Waals surface area contributed by atoms with Gasteiger partial charge >= 0.3 is 5.97 Å². The van der Waals surface area contributed by atoms with Gasteiger partial charge in [0.05, 0.1) is 13.5 Å². The van der Waals surface area contributed by atoms with Gasteiger partial charge in [-0.25, -0.2) is 0 Å². The lowest BCUT2D eigenvalue weighted by atomic mass is 9.96. The number of carboxylic acids is 1. The van der Waals surface area contributed by atoms with Crippen molar-refractivity contribution in [1.29, 1.82) is 0 Å². The second kappa shape index (κ2) is 4.68. The van der Waals surface area contributed by atoms with Crippen LogP contribution in [0.4, 0.5) is 0 Å². The van der Waals surface area contributed by atoms with E-state index in [1.54, 1.807) is 25.1 Å². The molecule has 0 amide bonds. The van der Waals surface area contributed by atoms with Gasteiger partial charge in [-0.05, 0) is 12.0 Å². The molecule has 0 aliphatic rings. The van der Waals surface area contributed by atoms with E-state index >= 15 is 0 Å². The Bertz CT molecular complexity index is 360. The second-order valence-electron chi connectivity index (χ2n) is 3.40. The highest BCUT2D eigenvalue weighted by Gasteiger charge is 2.16. The monoisotopic (exact) mass is 210 g/mol. The van der Waals surface area contributed by atoms with Crippen LogP contribution in [0.25, 0.3) is 0 Å². The molecule has 0 aliphatic carbocycles. The number of benzene rings is 1. The maximum Gasteiger partial charge on any atom is 0.303 e. The fraction of sp³-hybridized carbons (Fsp3) is 0.364. The standard InChI is InChI=1S/C11H14O4/c1-7(6-10(12)13)8-4-3-5-9(15-2)11(8)14/h3-5,7,14H,6H2,1-2H3,(H,12,13). The fourth-order valence-electron chi connectivity index (χ4n) is 1.47. The van der Waals surface area contributed by atoms with E-state index in [0.29, 0.717) is 11.3 Å². The van der Waals surface area contributed by atoms with Gasteiger partial charge in [0.15, 0.2) is 11.5 Å². The molecule has 1 atom stereocenters. The largest absolute Gasteiger partial charge is 0.504 e. The van der Waals surface area contributed by atoms with Crippen molar-refractivity contribution in [2.24, 2.45) is 0 Å². The molecule has 0 spiro atoms. The number of hydrogen-bond acceptors (Lipinski definition) is 3. The number of carbonyl (C=O) groups is 1. The van der Waals surface area contributed by atoms with Crippen LogP contribution in [0.3, 0.4) is 0 Å². The topological polar surface area (TPSA) is 66.8 Å². The van der Waals surface area contributed by atoms with Crippen molar-refractivity contribution in [3.8, 4) is 11.5 Å². The van der Waals surface area contributed by atoms with Gasteiger partial charge in [0.25, 0.3) is 0 Å². The van der Waals surface area contributed by atoms with Crippen LogP contribution in [0.1, 0.15) is 24.8 Å². The van der Waals surface area contributed by atoms with Crippen molar-refractivity contribution < 1.29 is 19.7 Å². The average Bonchev–Trinajstić information content (AvgIpc) is 2.17. The summed E-state index contributed by atoms with van der Waals surface area (Å²) in [4.78, 5) is 10.5. The lowest BCUT2D eigenvalue weighted by molar-refractivity contribution is -0.137. The molecule has 0 radical (unpaired) electrons. The lowest BCUT2D eigenvalue weighted by Crippen LogP contribution is -2.03. The number of phenols is 1. The van der Waals surface area contributed by atoms with E-state index in [0.717, 1.165) is 0 Å². The number of hydrogen-bond donors (Lipinski definition) is 2. The number of carboxylic acid groups (broad SMARTS) is 1. The zero-order valence-electron chi connectivity index (χ0n) is 8.73. The van der Waals surface area contributed by atoms with Crippen molar-refractivity contribution >= 4 is 5.97 Å². The SMILES string of the molecule is COc1cccc(C(C)CC(=O)O)c1O. The number of phenolic OH excluding ortho intramolecular Hbond substituents is 1. The van der Waals surface area contributed by atoms with Gasteiger partial charge in [-0.15, -0.1) is 0 Å². The van der Waals surface area contributed by atoms with Crippen LogP contribution in [-0.4, -0.2) is 23.3 Å². The van der Waals surface area contributed by atoms with E-state index in [4.69, 9.17) is 9.84 Å². The minimum Gasteiger partial charge on any atom is -0.504 e. The summed E-state index contributed by atoms with van der Waals surface area (Å²) >= 11 is 0. The van der Waals surface area contributed by atoms with Crippen LogP contribution in [0.2, 0.25) is 0 Å². The van der Waals surface area contributed by atoms with Crippen LogP contribution < -0.4 is 4.74 Å². The molecule has 4 nitrogen and oxygen atoms in total. The summed E-state index contributed by atoms with van der Waals surface area (Å²) in [6.45, 7) is 1.75. The van der Waals surface area contributed by atoms with E-state index in [9.17, 15) is 9.90 Å². The number of rotatable bonds is 4. The molecule has 0 heterocycles.